The van der Waals surface area contributed by atoms with E-state index in [1.165, 1.54) is 0 Å². The molecule has 19 heavy (non-hydrogen) atoms. The Morgan fingerprint density at radius 2 is 2.11 bits per heavy atom. The minimum absolute atomic E-state index is 0.0428. The molecule has 1 fully saturated rings. The van der Waals surface area contributed by atoms with Crippen LogP contribution in [0.2, 0.25) is 0 Å². The number of carbonyl (C=O) groups excluding carboxylic acids is 1. The van der Waals surface area contributed by atoms with E-state index in [2.05, 4.69) is 5.92 Å². The van der Waals surface area contributed by atoms with E-state index in [-0.39, 0.29) is 24.6 Å². The SMILES string of the molecule is C#CC1CC(=O)N(c2cc([N+](=O)[O-])c(F)cc2F)C1. The standard InChI is InChI=1S/C12H8F2N2O3/c1-2-7-3-12(17)15(6-7)10-5-11(16(18)19)9(14)4-8(10)13/h1,4-5,7H,3,6H2. The summed E-state index contributed by atoms with van der Waals surface area (Å²) >= 11 is 0. The number of terminal acetylenes is 1. The summed E-state index contributed by atoms with van der Waals surface area (Å²) in [7, 11) is 0. The van der Waals surface area contributed by atoms with Crippen molar-refractivity contribution in [2.24, 2.45) is 5.92 Å². The second-order valence-electron chi connectivity index (χ2n) is 4.08. The summed E-state index contributed by atoms with van der Waals surface area (Å²) in [6.45, 7) is 0.0645. The van der Waals surface area contributed by atoms with Gasteiger partial charge in [-0.1, -0.05) is 0 Å². The van der Waals surface area contributed by atoms with Crippen LogP contribution in [-0.2, 0) is 4.79 Å². The van der Waals surface area contributed by atoms with E-state index in [0.717, 1.165) is 4.90 Å². The first-order valence-electron chi connectivity index (χ1n) is 5.34. The molecule has 0 bridgehead atoms. The van der Waals surface area contributed by atoms with Gasteiger partial charge in [0.15, 0.2) is 0 Å². The van der Waals surface area contributed by atoms with E-state index < -0.39 is 28.2 Å². The maximum Gasteiger partial charge on any atom is 0.307 e. The Kier molecular flexibility index (Phi) is 3.17. The predicted molar refractivity (Wildman–Crippen MR) is 62.3 cm³/mol. The highest BCUT2D eigenvalue weighted by molar-refractivity contribution is 5.96. The molecule has 0 spiro atoms. The molecule has 1 saturated heterocycles. The zero-order valence-corrected chi connectivity index (χ0v) is 9.60. The average molecular weight is 266 g/mol. The number of nitro groups is 1. The van der Waals surface area contributed by atoms with Crippen LogP contribution < -0.4 is 4.90 Å². The van der Waals surface area contributed by atoms with Gasteiger partial charge in [-0.2, -0.15) is 4.39 Å². The third-order valence-corrected chi connectivity index (χ3v) is 2.86. The molecule has 5 nitrogen and oxygen atoms in total. The smallest absolute Gasteiger partial charge is 0.307 e. The van der Waals surface area contributed by atoms with E-state index in [0.29, 0.717) is 12.1 Å². The van der Waals surface area contributed by atoms with Gasteiger partial charge in [0.25, 0.3) is 0 Å². The molecule has 0 N–H and O–H groups in total. The lowest BCUT2D eigenvalue weighted by Gasteiger charge is -2.16. The molecule has 0 radical (unpaired) electrons. The molecular formula is C12H8F2N2O3. The van der Waals surface area contributed by atoms with Crippen LogP contribution in [0.4, 0.5) is 20.2 Å². The van der Waals surface area contributed by atoms with Crippen LogP contribution >= 0.6 is 0 Å². The van der Waals surface area contributed by atoms with Crippen molar-refractivity contribution in [3.63, 3.8) is 0 Å². The van der Waals surface area contributed by atoms with Gasteiger partial charge in [0.05, 0.1) is 10.6 Å². The number of halogens is 2. The molecule has 0 saturated carbocycles. The molecule has 1 amide bonds. The maximum atomic E-state index is 13.6. The Hall–Kier alpha value is -2.49. The van der Waals surface area contributed by atoms with Crippen molar-refractivity contribution in [3.8, 4) is 12.3 Å². The Labute approximate surface area is 107 Å². The Balaban J connectivity index is 2.46. The van der Waals surface area contributed by atoms with Gasteiger partial charge in [0, 0.05) is 31.0 Å². The number of benzene rings is 1. The molecule has 0 aromatic heterocycles. The number of anilines is 1. The number of nitrogens with zero attached hydrogens (tertiary/aromatic N) is 2. The highest BCUT2D eigenvalue weighted by Crippen LogP contribution is 2.31. The van der Waals surface area contributed by atoms with Gasteiger partial charge in [-0.15, -0.1) is 12.3 Å². The van der Waals surface area contributed by atoms with Gasteiger partial charge in [-0.3, -0.25) is 14.9 Å². The van der Waals surface area contributed by atoms with Crippen molar-refractivity contribution >= 4 is 17.3 Å². The zero-order valence-electron chi connectivity index (χ0n) is 9.60. The third-order valence-electron chi connectivity index (χ3n) is 2.86. The monoisotopic (exact) mass is 266 g/mol. The summed E-state index contributed by atoms with van der Waals surface area (Å²) in [6.07, 6.45) is 5.23. The molecule has 1 aromatic carbocycles. The van der Waals surface area contributed by atoms with Crippen LogP contribution in [0.3, 0.4) is 0 Å². The van der Waals surface area contributed by atoms with Crippen LogP contribution in [-0.4, -0.2) is 17.4 Å². The fourth-order valence-electron chi connectivity index (χ4n) is 1.93. The van der Waals surface area contributed by atoms with Gasteiger partial charge < -0.3 is 4.90 Å². The third kappa shape index (κ3) is 2.25. The lowest BCUT2D eigenvalue weighted by Crippen LogP contribution is -2.25. The second-order valence-corrected chi connectivity index (χ2v) is 4.08. The van der Waals surface area contributed by atoms with E-state index in [1.54, 1.807) is 0 Å². The lowest BCUT2D eigenvalue weighted by molar-refractivity contribution is -0.387. The summed E-state index contributed by atoms with van der Waals surface area (Å²) < 4.78 is 26.8. The van der Waals surface area contributed by atoms with E-state index >= 15 is 0 Å². The van der Waals surface area contributed by atoms with Crippen molar-refractivity contribution in [3.05, 3.63) is 33.9 Å². The fourth-order valence-corrected chi connectivity index (χ4v) is 1.93. The predicted octanol–water partition coefficient (Wildman–Crippen LogP) is 1.86. The second kappa shape index (κ2) is 4.65. The fraction of sp³-hybridized carbons (Fsp3) is 0.250. The zero-order chi connectivity index (χ0) is 14.2. The first-order chi connectivity index (χ1) is 8.93. The number of hydrogen-bond acceptors (Lipinski definition) is 3. The average Bonchev–Trinajstić information content (AvgIpc) is 2.70. The topological polar surface area (TPSA) is 63.5 Å². The minimum Gasteiger partial charge on any atom is -0.308 e. The number of carbonyl (C=O) groups is 1. The summed E-state index contributed by atoms with van der Waals surface area (Å²) in [5.41, 5.74) is -1.20. The number of amides is 1. The molecule has 7 heteroatoms. The summed E-state index contributed by atoms with van der Waals surface area (Å²) in [4.78, 5) is 22.3. The maximum absolute atomic E-state index is 13.6. The first-order valence-corrected chi connectivity index (χ1v) is 5.34. The highest BCUT2D eigenvalue weighted by Gasteiger charge is 2.32. The van der Waals surface area contributed by atoms with E-state index in [9.17, 15) is 23.7 Å². The Morgan fingerprint density at radius 1 is 1.42 bits per heavy atom. The molecule has 1 aliphatic rings. The molecule has 1 heterocycles. The van der Waals surface area contributed by atoms with Crippen molar-refractivity contribution in [2.45, 2.75) is 6.42 Å². The van der Waals surface area contributed by atoms with Crippen LogP contribution in [0.5, 0.6) is 0 Å². The van der Waals surface area contributed by atoms with E-state index in [4.69, 9.17) is 6.42 Å². The minimum atomic E-state index is -1.29. The van der Waals surface area contributed by atoms with E-state index in [1.807, 2.05) is 0 Å². The van der Waals surface area contributed by atoms with Crippen molar-refractivity contribution in [1.29, 1.82) is 0 Å². The van der Waals surface area contributed by atoms with Crippen LogP contribution in [0, 0.1) is 40.0 Å². The van der Waals surface area contributed by atoms with Gasteiger partial charge in [0.1, 0.15) is 5.82 Å². The number of rotatable bonds is 2. The molecule has 98 valence electrons. The van der Waals surface area contributed by atoms with Gasteiger partial charge >= 0.3 is 5.69 Å². The van der Waals surface area contributed by atoms with Crippen molar-refractivity contribution in [1.82, 2.24) is 0 Å². The summed E-state index contributed by atoms with van der Waals surface area (Å²) in [5.74, 6) is -0.770. The Bertz CT molecular complexity index is 610. The van der Waals surface area contributed by atoms with Crippen LogP contribution in [0.25, 0.3) is 0 Å². The molecule has 1 aromatic rings. The largest absolute Gasteiger partial charge is 0.308 e. The molecule has 1 unspecified atom stereocenters. The van der Waals surface area contributed by atoms with Crippen LogP contribution in [0.15, 0.2) is 12.1 Å². The molecule has 1 aliphatic heterocycles. The van der Waals surface area contributed by atoms with Crippen molar-refractivity contribution in [2.75, 3.05) is 11.4 Å². The normalized spacial score (nSPS) is 18.5. The molecule has 2 rings (SSSR count). The molecular weight excluding hydrogens is 258 g/mol. The number of nitro benzene ring substituents is 1. The van der Waals surface area contributed by atoms with Crippen LogP contribution in [0.1, 0.15) is 6.42 Å². The molecule has 0 aliphatic carbocycles. The first kappa shape index (κ1) is 13.0. The number of hydrogen-bond donors (Lipinski definition) is 0. The highest BCUT2D eigenvalue weighted by atomic mass is 19.1. The summed E-state index contributed by atoms with van der Waals surface area (Å²) in [5, 5.41) is 10.6. The molecule has 1 atom stereocenters. The quantitative estimate of drug-likeness (QED) is 0.466. The Morgan fingerprint density at radius 3 is 2.63 bits per heavy atom. The van der Waals surface area contributed by atoms with Crippen molar-refractivity contribution < 1.29 is 18.5 Å². The lowest BCUT2D eigenvalue weighted by atomic mass is 10.1. The van der Waals surface area contributed by atoms with Gasteiger partial charge in [0.2, 0.25) is 11.7 Å². The summed E-state index contributed by atoms with van der Waals surface area (Å²) in [6, 6.07) is 1.10. The van der Waals surface area contributed by atoms with Gasteiger partial charge in [-0.25, -0.2) is 4.39 Å². The van der Waals surface area contributed by atoms with Gasteiger partial charge in [-0.05, 0) is 0 Å².